The second-order valence-electron chi connectivity index (χ2n) is 7.18. The number of para-hydroxylation sites is 2. The lowest BCUT2D eigenvalue weighted by atomic mass is 10.2. The number of fused-ring (bicyclic) bond motifs is 2. The molecule has 5 aromatic rings. The van der Waals surface area contributed by atoms with E-state index in [1.807, 2.05) is 36.5 Å². The van der Waals surface area contributed by atoms with Gasteiger partial charge in [0.2, 0.25) is 5.52 Å². The maximum Gasteiger partial charge on any atom is 0.297 e. The normalized spacial score (nSPS) is 11.0. The van der Waals surface area contributed by atoms with Crippen LogP contribution in [-0.4, -0.2) is 33.0 Å². The van der Waals surface area contributed by atoms with Gasteiger partial charge in [-0.15, -0.1) is 11.3 Å². The molecule has 0 unspecified atom stereocenters. The van der Waals surface area contributed by atoms with Crippen molar-refractivity contribution >= 4 is 76.7 Å². The molecule has 0 fully saturated rings. The summed E-state index contributed by atoms with van der Waals surface area (Å²) in [6.45, 7) is 1.89. The van der Waals surface area contributed by atoms with Crippen molar-refractivity contribution in [2.24, 2.45) is 7.05 Å². The SMILES string of the molecule is COS(=O)(=O)c1ccc(C)cc1.CSc1nc2ccccc2s1.CSc1sc2ccccc2[n+]1C. The first-order valence-electron chi connectivity index (χ1n) is 10.5. The van der Waals surface area contributed by atoms with Gasteiger partial charge in [-0.25, -0.2) is 4.98 Å². The van der Waals surface area contributed by atoms with Crippen molar-refractivity contribution in [1.82, 2.24) is 4.98 Å². The molecular formula is C25H27N2O3S5+. The minimum absolute atomic E-state index is 0.190. The zero-order chi connectivity index (χ0) is 25.4. The van der Waals surface area contributed by atoms with Gasteiger partial charge in [-0.3, -0.25) is 4.18 Å². The summed E-state index contributed by atoms with van der Waals surface area (Å²) in [5.74, 6) is 0. The molecule has 5 nitrogen and oxygen atoms in total. The highest BCUT2D eigenvalue weighted by Crippen LogP contribution is 2.27. The first kappa shape index (κ1) is 27.6. The Morgan fingerprint density at radius 2 is 1.49 bits per heavy atom. The zero-order valence-corrected chi connectivity index (χ0v) is 24.2. The van der Waals surface area contributed by atoms with E-state index in [1.165, 1.54) is 31.4 Å². The van der Waals surface area contributed by atoms with E-state index < -0.39 is 10.1 Å². The first-order valence-corrected chi connectivity index (χ1v) is 16.0. The van der Waals surface area contributed by atoms with E-state index in [0.717, 1.165) is 22.5 Å². The summed E-state index contributed by atoms with van der Waals surface area (Å²) in [6.07, 6.45) is 4.17. The fourth-order valence-corrected chi connectivity index (χ4v) is 7.01. The number of benzene rings is 3. The lowest BCUT2D eigenvalue weighted by Gasteiger charge is -2.00. The molecule has 0 atom stereocenters. The number of aromatic nitrogens is 2. The number of rotatable bonds is 4. The number of hydrogen-bond donors (Lipinski definition) is 0. The topological polar surface area (TPSA) is 60.1 Å². The predicted molar refractivity (Wildman–Crippen MR) is 152 cm³/mol. The van der Waals surface area contributed by atoms with Crippen LogP contribution < -0.4 is 4.57 Å². The monoisotopic (exact) mass is 563 g/mol. The second-order valence-corrected chi connectivity index (χ2v) is 13.1. The lowest BCUT2D eigenvalue weighted by Crippen LogP contribution is -2.27. The summed E-state index contributed by atoms with van der Waals surface area (Å²) in [6, 6.07) is 23.2. The Balaban J connectivity index is 0.000000147. The number of aryl methyl sites for hydroxylation is 2. The van der Waals surface area contributed by atoms with Gasteiger partial charge in [0.25, 0.3) is 14.5 Å². The third-order valence-corrected chi connectivity index (χ3v) is 10.5. The molecule has 0 N–H and O–H groups in total. The highest BCUT2D eigenvalue weighted by Gasteiger charge is 2.14. The molecule has 0 aliphatic rings. The maximum atomic E-state index is 11.1. The fraction of sp³-hybridized carbons (Fsp3) is 0.200. The third kappa shape index (κ3) is 7.28. The van der Waals surface area contributed by atoms with Gasteiger partial charge in [0, 0.05) is 6.07 Å². The molecule has 35 heavy (non-hydrogen) atoms. The molecular weight excluding hydrogens is 537 g/mol. The number of hydrogen-bond acceptors (Lipinski definition) is 8. The van der Waals surface area contributed by atoms with E-state index >= 15 is 0 Å². The van der Waals surface area contributed by atoms with Crippen LogP contribution >= 0.6 is 46.2 Å². The molecule has 5 rings (SSSR count). The van der Waals surface area contributed by atoms with Crippen molar-refractivity contribution in [3.8, 4) is 0 Å². The highest BCUT2D eigenvalue weighted by molar-refractivity contribution is 8.00. The van der Waals surface area contributed by atoms with E-state index in [1.54, 1.807) is 47.0 Å². The molecule has 0 bridgehead atoms. The predicted octanol–water partition coefficient (Wildman–Crippen LogP) is 6.80. The van der Waals surface area contributed by atoms with Gasteiger partial charge in [0.1, 0.15) is 11.7 Å². The summed E-state index contributed by atoms with van der Waals surface area (Å²) in [4.78, 5) is 4.60. The van der Waals surface area contributed by atoms with Gasteiger partial charge in [0.05, 0.1) is 22.2 Å². The summed E-state index contributed by atoms with van der Waals surface area (Å²) < 4.78 is 33.9. The molecule has 2 heterocycles. The Labute approximate surface area is 223 Å². The van der Waals surface area contributed by atoms with Gasteiger partial charge in [-0.05, 0) is 61.5 Å². The van der Waals surface area contributed by atoms with Crippen LogP contribution in [0.2, 0.25) is 0 Å². The average molecular weight is 564 g/mol. The van der Waals surface area contributed by atoms with Crippen molar-refractivity contribution in [2.75, 3.05) is 19.6 Å². The van der Waals surface area contributed by atoms with Crippen LogP contribution in [0, 0.1) is 6.92 Å². The standard InChI is InChI=1S/C9H10NS2.C8H7NS2.C8H10O3S/c1-10-7-5-3-4-6-8(7)12-9(10)11-2;1-10-8-9-6-4-2-3-5-7(6)11-8;1-7-3-5-8(6-4-7)12(9,10)11-2/h3-6H,1-2H3;2-5H,1H3;3-6H,1-2H3/q+1;;. The Morgan fingerprint density at radius 3 is 2.06 bits per heavy atom. The molecule has 0 saturated carbocycles. The highest BCUT2D eigenvalue weighted by atomic mass is 32.2. The molecule has 3 aromatic carbocycles. The minimum Gasteiger partial charge on any atom is -0.270 e. The number of nitrogens with zero attached hydrogens (tertiary/aromatic N) is 2. The quantitative estimate of drug-likeness (QED) is 0.136. The molecule has 0 spiro atoms. The van der Waals surface area contributed by atoms with Crippen LogP contribution in [-0.2, 0) is 21.3 Å². The Hall–Kier alpha value is -1.95. The fourth-order valence-electron chi connectivity index (χ4n) is 3.00. The molecule has 0 radical (unpaired) electrons. The summed E-state index contributed by atoms with van der Waals surface area (Å²) in [5.41, 5.74) is 3.46. The largest absolute Gasteiger partial charge is 0.297 e. The van der Waals surface area contributed by atoms with E-state index in [0.29, 0.717) is 0 Å². The lowest BCUT2D eigenvalue weighted by molar-refractivity contribution is -0.676. The average Bonchev–Trinajstić information content (AvgIpc) is 3.46. The van der Waals surface area contributed by atoms with Crippen LogP contribution in [0.25, 0.3) is 20.4 Å². The van der Waals surface area contributed by atoms with Crippen LogP contribution in [0.1, 0.15) is 5.56 Å². The van der Waals surface area contributed by atoms with Gasteiger partial charge < -0.3 is 0 Å². The van der Waals surface area contributed by atoms with Gasteiger partial charge >= 0.3 is 0 Å². The van der Waals surface area contributed by atoms with Gasteiger partial charge in [-0.2, -0.15) is 13.0 Å². The van der Waals surface area contributed by atoms with Gasteiger partial charge in [0.15, 0.2) is 4.34 Å². The van der Waals surface area contributed by atoms with Crippen molar-refractivity contribution in [3.05, 3.63) is 78.4 Å². The second kappa shape index (κ2) is 12.8. The van der Waals surface area contributed by atoms with Crippen LogP contribution in [0.3, 0.4) is 0 Å². The zero-order valence-electron chi connectivity index (χ0n) is 20.1. The van der Waals surface area contributed by atoms with Crippen molar-refractivity contribution in [3.63, 3.8) is 0 Å². The molecule has 0 aliphatic carbocycles. The summed E-state index contributed by atoms with van der Waals surface area (Å²) in [7, 11) is -0.251. The van der Waals surface area contributed by atoms with Crippen LogP contribution in [0.15, 0.2) is 86.4 Å². The van der Waals surface area contributed by atoms with Crippen LogP contribution in [0.5, 0.6) is 0 Å². The van der Waals surface area contributed by atoms with E-state index in [-0.39, 0.29) is 4.90 Å². The van der Waals surface area contributed by atoms with Crippen molar-refractivity contribution in [1.29, 1.82) is 0 Å². The Bertz CT molecular complexity index is 1460. The summed E-state index contributed by atoms with van der Waals surface area (Å²) >= 11 is 7.10. The van der Waals surface area contributed by atoms with E-state index in [2.05, 4.69) is 63.6 Å². The molecule has 0 saturated heterocycles. The first-order chi connectivity index (χ1) is 16.8. The number of thiazole rings is 2. The summed E-state index contributed by atoms with van der Waals surface area (Å²) in [5, 5.41) is 0. The molecule has 184 valence electrons. The van der Waals surface area contributed by atoms with Crippen LogP contribution in [0.4, 0.5) is 0 Å². The molecule has 0 amide bonds. The molecule has 2 aromatic heterocycles. The molecule has 10 heteroatoms. The molecule has 0 aliphatic heterocycles. The number of thioether (sulfide) groups is 2. The Kier molecular flexibility index (Phi) is 10.1. The van der Waals surface area contributed by atoms with Crippen molar-refractivity contribution < 1.29 is 17.2 Å². The third-order valence-electron chi connectivity index (χ3n) is 4.85. The maximum absolute atomic E-state index is 11.1. The van der Waals surface area contributed by atoms with Crippen molar-refractivity contribution in [2.45, 2.75) is 20.5 Å². The van der Waals surface area contributed by atoms with E-state index in [9.17, 15) is 8.42 Å². The van der Waals surface area contributed by atoms with E-state index in [4.69, 9.17) is 0 Å². The van der Waals surface area contributed by atoms with Gasteiger partial charge in [-0.1, -0.05) is 65.1 Å². The Morgan fingerprint density at radius 1 is 0.857 bits per heavy atom. The minimum atomic E-state index is -3.51. The smallest absolute Gasteiger partial charge is 0.270 e.